The maximum Gasteiger partial charge on any atom is 0.245 e. The van der Waals surface area contributed by atoms with Gasteiger partial charge in [0.2, 0.25) is 5.91 Å². The number of carbonyl (C=O) groups is 1. The first-order valence-corrected chi connectivity index (χ1v) is 13.0. The van der Waals surface area contributed by atoms with E-state index in [2.05, 4.69) is 22.3 Å². The Morgan fingerprint density at radius 2 is 1.48 bits per heavy atom. The van der Waals surface area contributed by atoms with Crippen molar-refractivity contribution in [3.8, 4) is 0 Å². The molecule has 2 fully saturated rings. The van der Waals surface area contributed by atoms with E-state index in [1.165, 1.54) is 0 Å². The third-order valence-electron chi connectivity index (χ3n) is 6.83. The SMILES string of the molecule is O=C(CNC1CS(=O)(=O)CC1N1CCCC1)N1c2ccccc2CCc2ccccc21. The van der Waals surface area contributed by atoms with Gasteiger partial charge in [0.15, 0.2) is 9.84 Å². The highest BCUT2D eigenvalue weighted by Crippen LogP contribution is 2.36. The van der Waals surface area contributed by atoms with Crippen LogP contribution in [0.4, 0.5) is 11.4 Å². The summed E-state index contributed by atoms with van der Waals surface area (Å²) in [7, 11) is -3.09. The molecule has 3 aliphatic rings. The number of rotatable bonds is 4. The van der Waals surface area contributed by atoms with E-state index in [-0.39, 0.29) is 36.0 Å². The number of carbonyl (C=O) groups excluding carboxylic acids is 1. The average molecular weight is 440 g/mol. The molecule has 2 aromatic rings. The van der Waals surface area contributed by atoms with Crippen LogP contribution in [0.2, 0.25) is 0 Å². The molecule has 0 radical (unpaired) electrons. The Labute approximate surface area is 184 Å². The Hall–Kier alpha value is -2.22. The molecule has 0 aromatic heterocycles. The molecule has 7 heteroatoms. The zero-order valence-electron chi connectivity index (χ0n) is 17.7. The smallest absolute Gasteiger partial charge is 0.245 e. The number of aryl methyl sites for hydroxylation is 2. The van der Waals surface area contributed by atoms with Crippen molar-refractivity contribution >= 4 is 27.1 Å². The highest BCUT2D eigenvalue weighted by atomic mass is 32.2. The lowest BCUT2D eigenvalue weighted by molar-refractivity contribution is -0.117. The molecular formula is C24H29N3O3S. The molecule has 3 heterocycles. The van der Waals surface area contributed by atoms with Gasteiger partial charge in [0.1, 0.15) is 0 Å². The van der Waals surface area contributed by atoms with Crippen molar-refractivity contribution in [1.29, 1.82) is 0 Å². The Kier molecular flexibility index (Phi) is 5.58. The summed E-state index contributed by atoms with van der Waals surface area (Å²) in [4.78, 5) is 17.6. The van der Waals surface area contributed by atoms with Crippen LogP contribution in [0.1, 0.15) is 24.0 Å². The Morgan fingerprint density at radius 3 is 2.10 bits per heavy atom. The highest BCUT2D eigenvalue weighted by molar-refractivity contribution is 7.91. The van der Waals surface area contributed by atoms with Gasteiger partial charge in [-0.05, 0) is 62.0 Å². The predicted octanol–water partition coefficient (Wildman–Crippen LogP) is 2.30. The van der Waals surface area contributed by atoms with E-state index in [1.807, 2.05) is 41.3 Å². The van der Waals surface area contributed by atoms with Gasteiger partial charge in [-0.2, -0.15) is 0 Å². The number of hydrogen-bond acceptors (Lipinski definition) is 5. The monoisotopic (exact) mass is 439 g/mol. The van der Waals surface area contributed by atoms with Crippen LogP contribution < -0.4 is 10.2 Å². The standard InChI is InChI=1S/C24H29N3O3S/c28-24(15-25-20-16-31(29,30)17-23(20)26-13-5-6-14-26)27-21-9-3-1-7-18(21)11-12-19-8-2-4-10-22(19)27/h1-4,7-10,20,23,25H,5-6,11-17H2. The first-order chi connectivity index (χ1) is 15.0. The maximum atomic E-state index is 13.5. The van der Waals surface area contributed by atoms with Crippen LogP contribution in [0.3, 0.4) is 0 Å². The minimum absolute atomic E-state index is 0.0380. The highest BCUT2D eigenvalue weighted by Gasteiger charge is 2.41. The first kappa shape index (κ1) is 20.7. The second-order valence-electron chi connectivity index (χ2n) is 8.86. The molecule has 2 unspecified atom stereocenters. The van der Waals surface area contributed by atoms with Crippen molar-refractivity contribution in [2.24, 2.45) is 0 Å². The lowest BCUT2D eigenvalue weighted by atomic mass is 10.0. The van der Waals surface area contributed by atoms with Crippen LogP contribution in [0.15, 0.2) is 48.5 Å². The normalized spacial score (nSPS) is 25.1. The molecule has 0 spiro atoms. The third kappa shape index (κ3) is 4.14. The summed E-state index contributed by atoms with van der Waals surface area (Å²) in [6.07, 6.45) is 4.01. The van der Waals surface area contributed by atoms with Crippen LogP contribution in [-0.2, 0) is 27.5 Å². The molecule has 31 heavy (non-hydrogen) atoms. The average Bonchev–Trinajstić information content (AvgIpc) is 3.35. The lowest BCUT2D eigenvalue weighted by Crippen LogP contribution is -2.50. The molecule has 0 bridgehead atoms. The summed E-state index contributed by atoms with van der Waals surface area (Å²) in [5.41, 5.74) is 4.17. The second kappa shape index (κ2) is 8.37. The Balaban J connectivity index is 1.39. The minimum atomic E-state index is -3.09. The molecule has 1 amide bonds. The van der Waals surface area contributed by atoms with Crippen molar-refractivity contribution in [3.63, 3.8) is 0 Å². The number of benzene rings is 2. The van der Waals surface area contributed by atoms with Crippen LogP contribution in [0.25, 0.3) is 0 Å². The number of sulfone groups is 1. The van der Waals surface area contributed by atoms with Crippen molar-refractivity contribution in [3.05, 3.63) is 59.7 Å². The Morgan fingerprint density at radius 1 is 0.903 bits per heavy atom. The zero-order valence-corrected chi connectivity index (χ0v) is 18.5. The fourth-order valence-electron chi connectivity index (χ4n) is 5.30. The molecule has 2 saturated heterocycles. The molecule has 2 aromatic carbocycles. The second-order valence-corrected chi connectivity index (χ2v) is 11.0. The topological polar surface area (TPSA) is 69.7 Å². The molecule has 3 aliphatic heterocycles. The Bertz CT molecular complexity index is 1030. The van der Waals surface area contributed by atoms with Crippen LogP contribution in [0.5, 0.6) is 0 Å². The van der Waals surface area contributed by atoms with Gasteiger partial charge in [0.05, 0.1) is 29.4 Å². The number of para-hydroxylation sites is 2. The van der Waals surface area contributed by atoms with Crippen LogP contribution >= 0.6 is 0 Å². The van der Waals surface area contributed by atoms with E-state index in [4.69, 9.17) is 0 Å². The largest absolute Gasteiger partial charge is 0.303 e. The summed E-state index contributed by atoms with van der Waals surface area (Å²) in [6.45, 7) is 2.01. The van der Waals surface area contributed by atoms with Gasteiger partial charge in [0, 0.05) is 12.1 Å². The molecule has 1 N–H and O–H groups in total. The molecule has 6 nitrogen and oxygen atoms in total. The minimum Gasteiger partial charge on any atom is -0.303 e. The quantitative estimate of drug-likeness (QED) is 0.792. The molecule has 164 valence electrons. The van der Waals surface area contributed by atoms with E-state index in [9.17, 15) is 13.2 Å². The maximum absolute atomic E-state index is 13.5. The summed E-state index contributed by atoms with van der Waals surface area (Å²) < 4.78 is 24.7. The number of amides is 1. The van der Waals surface area contributed by atoms with E-state index >= 15 is 0 Å². The zero-order chi connectivity index (χ0) is 21.4. The van der Waals surface area contributed by atoms with Crippen LogP contribution in [0, 0.1) is 0 Å². The fraction of sp³-hybridized carbons (Fsp3) is 0.458. The van der Waals surface area contributed by atoms with Gasteiger partial charge < -0.3 is 5.32 Å². The summed E-state index contributed by atoms with van der Waals surface area (Å²) in [6, 6.07) is 15.9. The summed E-state index contributed by atoms with van der Waals surface area (Å²) in [5, 5.41) is 3.33. The lowest BCUT2D eigenvalue weighted by Gasteiger charge is -2.30. The first-order valence-electron chi connectivity index (χ1n) is 11.2. The van der Waals surface area contributed by atoms with E-state index in [0.29, 0.717) is 0 Å². The van der Waals surface area contributed by atoms with Gasteiger partial charge >= 0.3 is 0 Å². The van der Waals surface area contributed by atoms with Gasteiger partial charge in [0.25, 0.3) is 0 Å². The molecular weight excluding hydrogens is 410 g/mol. The fourth-order valence-corrected chi connectivity index (χ4v) is 7.29. The van der Waals surface area contributed by atoms with E-state index < -0.39 is 9.84 Å². The number of anilines is 2. The van der Waals surface area contributed by atoms with Crippen molar-refractivity contribution in [2.45, 2.75) is 37.8 Å². The van der Waals surface area contributed by atoms with Gasteiger partial charge in [-0.3, -0.25) is 14.6 Å². The summed E-state index contributed by atoms with van der Waals surface area (Å²) in [5.74, 6) is 0.245. The number of nitrogens with one attached hydrogen (secondary N) is 1. The number of fused-ring (bicyclic) bond motifs is 2. The number of hydrogen-bond donors (Lipinski definition) is 1. The van der Waals surface area contributed by atoms with Crippen molar-refractivity contribution < 1.29 is 13.2 Å². The molecule has 5 rings (SSSR count). The van der Waals surface area contributed by atoms with Crippen molar-refractivity contribution in [2.75, 3.05) is 36.0 Å². The molecule has 2 atom stereocenters. The van der Waals surface area contributed by atoms with E-state index in [0.717, 1.165) is 61.3 Å². The van der Waals surface area contributed by atoms with E-state index in [1.54, 1.807) is 0 Å². The number of nitrogens with zero attached hydrogens (tertiary/aromatic N) is 2. The summed E-state index contributed by atoms with van der Waals surface area (Å²) >= 11 is 0. The molecule has 0 saturated carbocycles. The number of likely N-dealkylation sites (tertiary alicyclic amines) is 1. The molecule has 0 aliphatic carbocycles. The van der Waals surface area contributed by atoms with Gasteiger partial charge in [-0.15, -0.1) is 0 Å². The third-order valence-corrected chi connectivity index (χ3v) is 8.54. The van der Waals surface area contributed by atoms with Gasteiger partial charge in [-0.1, -0.05) is 36.4 Å². The van der Waals surface area contributed by atoms with Crippen molar-refractivity contribution in [1.82, 2.24) is 10.2 Å². The predicted molar refractivity (Wildman–Crippen MR) is 122 cm³/mol. The van der Waals surface area contributed by atoms with Gasteiger partial charge in [-0.25, -0.2) is 8.42 Å². The van der Waals surface area contributed by atoms with Crippen LogP contribution in [-0.4, -0.2) is 62.4 Å².